The lowest BCUT2D eigenvalue weighted by Gasteiger charge is -2.37. The van der Waals surface area contributed by atoms with E-state index in [0.29, 0.717) is 34.1 Å². The minimum Gasteiger partial charge on any atom is -0.503 e. The third-order valence-corrected chi connectivity index (χ3v) is 6.35. The molecule has 1 amide bonds. The quantitative estimate of drug-likeness (QED) is 0.376. The Morgan fingerprint density at radius 2 is 1.61 bits per heavy atom. The van der Waals surface area contributed by atoms with Crippen LogP contribution in [0.15, 0.2) is 78.6 Å². The molecular weight excluding hydrogens is 486 g/mol. The molecule has 0 radical (unpaired) electrons. The first-order chi connectivity index (χ1) is 18.2. The van der Waals surface area contributed by atoms with E-state index in [1.54, 1.807) is 67.8 Å². The summed E-state index contributed by atoms with van der Waals surface area (Å²) in [6.45, 7) is 3.82. The number of carbonyl (C=O) groups is 2. The number of aliphatic hydroxyl groups is 1. The zero-order valence-electron chi connectivity index (χ0n) is 22.1. The number of benzene rings is 3. The lowest BCUT2D eigenvalue weighted by molar-refractivity contribution is -0.131. The number of aliphatic hydroxyl groups excluding tert-OH is 1. The van der Waals surface area contributed by atoms with Crippen LogP contribution in [0.4, 0.5) is 0 Å². The maximum Gasteiger partial charge on any atom is 0.290 e. The summed E-state index contributed by atoms with van der Waals surface area (Å²) in [5.74, 6) is 0.346. The maximum atomic E-state index is 14.5. The van der Waals surface area contributed by atoms with E-state index in [0.717, 1.165) is 5.56 Å². The standard InChI is InChI=1S/C30H31NO7/c1-19(2)38-24-11-7-9-21(15-24)28(33)30(22-12-13-26(36-4)27(16-22)37-5)17-25(32)29(34)31(30)18-20-8-6-10-23(14-20)35-3/h6-17,19,32H,18H2,1-5H3. The van der Waals surface area contributed by atoms with Gasteiger partial charge in [-0.3, -0.25) is 9.59 Å². The van der Waals surface area contributed by atoms with E-state index < -0.39 is 23.0 Å². The van der Waals surface area contributed by atoms with Gasteiger partial charge in [0, 0.05) is 18.2 Å². The second-order valence-corrected chi connectivity index (χ2v) is 9.13. The van der Waals surface area contributed by atoms with E-state index in [1.807, 2.05) is 19.9 Å². The third kappa shape index (κ3) is 4.89. The minimum atomic E-state index is -1.68. The first-order valence-electron chi connectivity index (χ1n) is 12.1. The van der Waals surface area contributed by atoms with Crippen LogP contribution in [0.5, 0.6) is 23.0 Å². The van der Waals surface area contributed by atoms with Crippen LogP contribution >= 0.6 is 0 Å². The highest BCUT2D eigenvalue weighted by atomic mass is 16.5. The highest BCUT2D eigenvalue weighted by molar-refractivity contribution is 6.11. The molecule has 1 unspecified atom stereocenters. The first kappa shape index (κ1) is 26.6. The molecule has 8 nitrogen and oxygen atoms in total. The number of rotatable bonds is 10. The number of carbonyl (C=O) groups excluding carboxylic acids is 2. The average Bonchev–Trinajstić information content (AvgIpc) is 3.17. The Morgan fingerprint density at radius 3 is 2.29 bits per heavy atom. The predicted molar refractivity (Wildman–Crippen MR) is 142 cm³/mol. The Morgan fingerprint density at radius 1 is 0.895 bits per heavy atom. The van der Waals surface area contributed by atoms with Crippen LogP contribution in [0, 0.1) is 0 Å². The fraction of sp³-hybridized carbons (Fsp3) is 0.267. The smallest absolute Gasteiger partial charge is 0.290 e. The molecule has 1 heterocycles. The van der Waals surface area contributed by atoms with Gasteiger partial charge in [-0.1, -0.05) is 30.3 Å². The monoisotopic (exact) mass is 517 g/mol. The maximum absolute atomic E-state index is 14.5. The van der Waals surface area contributed by atoms with Crippen LogP contribution in [0.1, 0.15) is 35.3 Å². The molecule has 0 aliphatic carbocycles. The number of ketones is 1. The Labute approximate surface area is 222 Å². The number of amides is 1. The van der Waals surface area contributed by atoms with Gasteiger partial charge in [-0.05, 0) is 61.4 Å². The molecule has 198 valence electrons. The molecule has 1 aliphatic rings. The number of nitrogens with zero attached hydrogens (tertiary/aromatic N) is 1. The summed E-state index contributed by atoms with van der Waals surface area (Å²) >= 11 is 0. The summed E-state index contributed by atoms with van der Waals surface area (Å²) in [7, 11) is 4.56. The number of Topliss-reactive ketones (excluding diaryl/α,β-unsaturated/α-hetero) is 1. The zero-order chi connectivity index (χ0) is 27.4. The Bertz CT molecular complexity index is 1380. The van der Waals surface area contributed by atoms with Crippen LogP contribution in [-0.4, -0.2) is 49.1 Å². The second-order valence-electron chi connectivity index (χ2n) is 9.13. The minimum absolute atomic E-state index is 0.0266. The van der Waals surface area contributed by atoms with Crippen molar-refractivity contribution in [3.63, 3.8) is 0 Å². The van der Waals surface area contributed by atoms with Gasteiger partial charge >= 0.3 is 0 Å². The summed E-state index contributed by atoms with van der Waals surface area (Å²) in [6, 6.07) is 19.0. The van der Waals surface area contributed by atoms with Crippen molar-refractivity contribution < 1.29 is 33.6 Å². The van der Waals surface area contributed by atoms with Crippen LogP contribution in [0.2, 0.25) is 0 Å². The number of ether oxygens (including phenoxy) is 4. The van der Waals surface area contributed by atoms with E-state index in [2.05, 4.69) is 0 Å². The van der Waals surface area contributed by atoms with Gasteiger partial charge in [0.05, 0.1) is 27.4 Å². The number of hydrogen-bond acceptors (Lipinski definition) is 7. The Hall–Kier alpha value is -4.46. The zero-order valence-corrected chi connectivity index (χ0v) is 22.1. The van der Waals surface area contributed by atoms with Crippen molar-refractivity contribution in [2.75, 3.05) is 21.3 Å². The molecule has 0 saturated heterocycles. The van der Waals surface area contributed by atoms with Crippen LogP contribution in [0.25, 0.3) is 0 Å². The fourth-order valence-corrected chi connectivity index (χ4v) is 4.62. The molecule has 8 heteroatoms. The van der Waals surface area contributed by atoms with Crippen molar-refractivity contribution in [1.29, 1.82) is 0 Å². The topological polar surface area (TPSA) is 94.5 Å². The lowest BCUT2D eigenvalue weighted by atomic mass is 9.81. The Balaban J connectivity index is 1.92. The third-order valence-electron chi connectivity index (χ3n) is 6.35. The fourth-order valence-electron chi connectivity index (χ4n) is 4.62. The molecule has 0 fully saturated rings. The van der Waals surface area contributed by atoms with Crippen LogP contribution < -0.4 is 18.9 Å². The van der Waals surface area contributed by atoms with E-state index in [9.17, 15) is 14.7 Å². The molecule has 4 rings (SSSR count). The van der Waals surface area contributed by atoms with E-state index in [4.69, 9.17) is 18.9 Å². The van der Waals surface area contributed by atoms with Gasteiger partial charge in [0.2, 0.25) is 0 Å². The predicted octanol–water partition coefficient (Wildman–Crippen LogP) is 5.06. The van der Waals surface area contributed by atoms with Crippen LogP contribution in [-0.2, 0) is 16.9 Å². The van der Waals surface area contributed by atoms with Gasteiger partial charge < -0.3 is 29.0 Å². The molecule has 3 aromatic carbocycles. The van der Waals surface area contributed by atoms with Crippen molar-refractivity contribution in [1.82, 2.24) is 4.90 Å². The van der Waals surface area contributed by atoms with Crippen molar-refractivity contribution >= 4 is 11.7 Å². The first-order valence-corrected chi connectivity index (χ1v) is 12.1. The second kappa shape index (κ2) is 10.9. The van der Waals surface area contributed by atoms with E-state index in [1.165, 1.54) is 25.2 Å². The van der Waals surface area contributed by atoms with Gasteiger partial charge in [0.1, 0.15) is 11.5 Å². The average molecular weight is 518 g/mol. The number of hydrogen-bond donors (Lipinski definition) is 1. The molecule has 0 spiro atoms. The molecular formula is C30H31NO7. The molecule has 0 aromatic heterocycles. The van der Waals surface area contributed by atoms with Gasteiger partial charge in [-0.15, -0.1) is 0 Å². The molecule has 38 heavy (non-hydrogen) atoms. The molecule has 0 saturated carbocycles. The summed E-state index contributed by atoms with van der Waals surface area (Å²) < 4.78 is 22.1. The van der Waals surface area contributed by atoms with Crippen molar-refractivity contribution in [3.8, 4) is 23.0 Å². The normalized spacial score (nSPS) is 16.8. The molecule has 3 aromatic rings. The number of methoxy groups -OCH3 is 3. The van der Waals surface area contributed by atoms with Gasteiger partial charge in [0.25, 0.3) is 5.91 Å². The highest BCUT2D eigenvalue weighted by Gasteiger charge is 2.53. The van der Waals surface area contributed by atoms with Gasteiger partial charge in [-0.25, -0.2) is 0 Å². The molecule has 1 aliphatic heterocycles. The summed E-state index contributed by atoms with van der Waals surface area (Å²) in [6.07, 6.45) is 1.21. The summed E-state index contributed by atoms with van der Waals surface area (Å²) in [4.78, 5) is 29.3. The van der Waals surface area contributed by atoms with Gasteiger partial charge in [0.15, 0.2) is 28.6 Å². The van der Waals surface area contributed by atoms with Crippen molar-refractivity contribution in [2.24, 2.45) is 0 Å². The van der Waals surface area contributed by atoms with Crippen LogP contribution in [0.3, 0.4) is 0 Å². The summed E-state index contributed by atoms with van der Waals surface area (Å²) in [5, 5.41) is 10.8. The Kier molecular flexibility index (Phi) is 7.62. The largest absolute Gasteiger partial charge is 0.503 e. The molecule has 1 N–H and O–H groups in total. The summed E-state index contributed by atoms with van der Waals surface area (Å²) in [5.41, 5.74) is -0.224. The lowest BCUT2D eigenvalue weighted by Crippen LogP contribution is -2.49. The SMILES string of the molecule is COc1cccc(CN2C(=O)C(O)=CC2(C(=O)c2cccc(OC(C)C)c2)c2ccc(OC)c(OC)c2)c1. The highest BCUT2D eigenvalue weighted by Crippen LogP contribution is 2.44. The molecule has 0 bridgehead atoms. The van der Waals surface area contributed by atoms with Crippen molar-refractivity contribution in [2.45, 2.75) is 32.0 Å². The van der Waals surface area contributed by atoms with E-state index >= 15 is 0 Å². The van der Waals surface area contributed by atoms with E-state index in [-0.39, 0.29) is 12.6 Å². The van der Waals surface area contributed by atoms with Gasteiger partial charge in [-0.2, -0.15) is 0 Å². The molecule has 1 atom stereocenters. The van der Waals surface area contributed by atoms with Crippen molar-refractivity contribution in [3.05, 3.63) is 95.3 Å².